The number of fused-ring (bicyclic) bond motifs is 1. The number of aromatic nitrogens is 3. The van der Waals surface area contributed by atoms with E-state index in [4.69, 9.17) is 4.52 Å². The van der Waals surface area contributed by atoms with Crippen LogP contribution in [-0.4, -0.2) is 38.6 Å². The number of hydrogen-bond acceptors (Lipinski definition) is 5. The largest absolute Gasteiger partial charge is 0.343 e. The first-order chi connectivity index (χ1) is 12.6. The number of likely N-dealkylation sites (tertiary alicyclic amines) is 1. The molecule has 1 aliphatic rings. The van der Waals surface area contributed by atoms with Crippen LogP contribution in [0.1, 0.15) is 24.8 Å². The van der Waals surface area contributed by atoms with Gasteiger partial charge in [0.05, 0.1) is 0 Å². The summed E-state index contributed by atoms with van der Waals surface area (Å²) >= 11 is 0. The zero-order valence-corrected chi connectivity index (χ0v) is 14.6. The van der Waals surface area contributed by atoms with Gasteiger partial charge in [0.15, 0.2) is 0 Å². The van der Waals surface area contributed by atoms with Crippen LogP contribution in [0, 0.1) is 6.92 Å². The number of rotatable bonds is 4. The standard InChI is InChI=1S/C19H20N4O3/c1-13-4-6-14(7-5-13)17-16-18(26-21-17)20-12-23(19(16)25)11-8-15(24)22-9-2-3-10-22/h4-7,12H,2-3,8-11H2,1H3. The van der Waals surface area contributed by atoms with E-state index in [1.807, 2.05) is 36.1 Å². The number of aryl methyl sites for hydroxylation is 2. The smallest absolute Gasteiger partial charge is 0.266 e. The summed E-state index contributed by atoms with van der Waals surface area (Å²) in [5, 5.41) is 4.38. The zero-order chi connectivity index (χ0) is 18.1. The summed E-state index contributed by atoms with van der Waals surface area (Å²) in [6.45, 7) is 3.93. The van der Waals surface area contributed by atoms with Crippen molar-refractivity contribution in [3.8, 4) is 11.3 Å². The molecule has 2 aromatic heterocycles. The van der Waals surface area contributed by atoms with Crippen LogP contribution in [0.15, 0.2) is 39.9 Å². The van der Waals surface area contributed by atoms with Gasteiger partial charge in [0.2, 0.25) is 5.91 Å². The fraction of sp³-hybridized carbons (Fsp3) is 0.368. The van der Waals surface area contributed by atoms with Crippen molar-refractivity contribution in [3.63, 3.8) is 0 Å². The van der Waals surface area contributed by atoms with Gasteiger partial charge in [-0.25, -0.2) is 4.98 Å². The highest BCUT2D eigenvalue weighted by Gasteiger charge is 2.20. The lowest BCUT2D eigenvalue weighted by molar-refractivity contribution is -0.130. The minimum absolute atomic E-state index is 0.0820. The van der Waals surface area contributed by atoms with Crippen molar-refractivity contribution in [2.45, 2.75) is 32.7 Å². The number of nitrogens with zero attached hydrogens (tertiary/aromatic N) is 4. The first-order valence-electron chi connectivity index (χ1n) is 8.83. The quantitative estimate of drug-likeness (QED) is 0.720. The van der Waals surface area contributed by atoms with Crippen LogP contribution >= 0.6 is 0 Å². The van der Waals surface area contributed by atoms with Crippen molar-refractivity contribution in [2.75, 3.05) is 13.1 Å². The highest BCUT2D eigenvalue weighted by atomic mass is 16.5. The van der Waals surface area contributed by atoms with Crippen molar-refractivity contribution >= 4 is 17.0 Å². The normalized spacial score (nSPS) is 14.3. The maximum absolute atomic E-state index is 12.9. The average Bonchev–Trinajstić information content (AvgIpc) is 3.32. The van der Waals surface area contributed by atoms with Crippen molar-refractivity contribution in [2.24, 2.45) is 0 Å². The Morgan fingerprint density at radius 2 is 1.92 bits per heavy atom. The Balaban J connectivity index is 1.63. The summed E-state index contributed by atoms with van der Waals surface area (Å²) in [6, 6.07) is 7.72. The van der Waals surface area contributed by atoms with E-state index in [0.29, 0.717) is 17.6 Å². The molecule has 1 saturated heterocycles. The molecule has 7 nitrogen and oxygen atoms in total. The molecule has 0 unspecified atom stereocenters. The molecule has 0 atom stereocenters. The van der Waals surface area contributed by atoms with Gasteiger partial charge in [-0.05, 0) is 19.8 Å². The second kappa shape index (κ2) is 6.74. The topological polar surface area (TPSA) is 81.2 Å². The number of benzene rings is 1. The van der Waals surface area contributed by atoms with Crippen LogP contribution < -0.4 is 5.56 Å². The number of hydrogen-bond donors (Lipinski definition) is 0. The molecule has 0 spiro atoms. The molecule has 4 rings (SSSR count). The maximum atomic E-state index is 12.9. The second-order valence-electron chi connectivity index (χ2n) is 6.66. The van der Waals surface area contributed by atoms with Crippen molar-refractivity contribution < 1.29 is 9.32 Å². The van der Waals surface area contributed by atoms with Crippen molar-refractivity contribution in [3.05, 3.63) is 46.5 Å². The van der Waals surface area contributed by atoms with E-state index in [1.165, 1.54) is 10.9 Å². The zero-order valence-electron chi connectivity index (χ0n) is 14.6. The van der Waals surface area contributed by atoms with Crippen LogP contribution in [0.2, 0.25) is 0 Å². The van der Waals surface area contributed by atoms with E-state index >= 15 is 0 Å². The van der Waals surface area contributed by atoms with Gasteiger partial charge in [-0.1, -0.05) is 35.0 Å². The average molecular weight is 352 g/mol. The summed E-state index contributed by atoms with van der Waals surface area (Å²) in [5.41, 5.74) is 2.39. The molecule has 1 amide bonds. The van der Waals surface area contributed by atoms with Gasteiger partial charge < -0.3 is 9.42 Å². The first kappa shape index (κ1) is 16.5. The molecular weight excluding hydrogens is 332 g/mol. The molecule has 0 aliphatic carbocycles. The van der Waals surface area contributed by atoms with Gasteiger partial charge in [-0.15, -0.1) is 0 Å². The summed E-state index contributed by atoms with van der Waals surface area (Å²) < 4.78 is 6.69. The highest BCUT2D eigenvalue weighted by molar-refractivity contribution is 5.88. The molecule has 3 heterocycles. The number of carbonyl (C=O) groups excluding carboxylic acids is 1. The molecule has 0 N–H and O–H groups in total. The minimum Gasteiger partial charge on any atom is -0.343 e. The Morgan fingerprint density at radius 3 is 2.65 bits per heavy atom. The summed E-state index contributed by atoms with van der Waals surface area (Å²) in [4.78, 5) is 31.2. The van der Waals surface area contributed by atoms with E-state index in [9.17, 15) is 9.59 Å². The van der Waals surface area contributed by atoms with Gasteiger partial charge in [-0.3, -0.25) is 14.2 Å². The second-order valence-corrected chi connectivity index (χ2v) is 6.66. The minimum atomic E-state index is -0.235. The Labute approximate surface area is 150 Å². The lowest BCUT2D eigenvalue weighted by atomic mass is 10.1. The lowest BCUT2D eigenvalue weighted by Crippen LogP contribution is -2.30. The summed E-state index contributed by atoms with van der Waals surface area (Å²) in [7, 11) is 0. The van der Waals surface area contributed by atoms with E-state index in [0.717, 1.165) is 37.1 Å². The van der Waals surface area contributed by atoms with Crippen molar-refractivity contribution in [1.29, 1.82) is 0 Å². The molecule has 0 bridgehead atoms. The molecule has 1 fully saturated rings. The molecular formula is C19H20N4O3. The van der Waals surface area contributed by atoms with Gasteiger partial charge in [0.1, 0.15) is 17.4 Å². The van der Waals surface area contributed by atoms with Gasteiger partial charge in [0, 0.05) is 31.6 Å². The third-order valence-corrected chi connectivity index (χ3v) is 4.81. The molecule has 7 heteroatoms. The van der Waals surface area contributed by atoms with Crippen LogP contribution in [0.5, 0.6) is 0 Å². The highest BCUT2D eigenvalue weighted by Crippen LogP contribution is 2.24. The molecule has 1 aliphatic heterocycles. The van der Waals surface area contributed by atoms with Crippen LogP contribution in [0.25, 0.3) is 22.4 Å². The van der Waals surface area contributed by atoms with E-state index < -0.39 is 0 Å². The van der Waals surface area contributed by atoms with Gasteiger partial charge in [0.25, 0.3) is 11.3 Å². The van der Waals surface area contributed by atoms with E-state index in [1.54, 1.807) is 0 Å². The van der Waals surface area contributed by atoms with Crippen LogP contribution in [0.4, 0.5) is 0 Å². The van der Waals surface area contributed by atoms with E-state index in [-0.39, 0.29) is 23.6 Å². The molecule has 0 saturated carbocycles. The SMILES string of the molecule is Cc1ccc(-c2noc3ncn(CCC(=O)N4CCCC4)c(=O)c23)cc1. The lowest BCUT2D eigenvalue weighted by Gasteiger charge is -2.15. The number of carbonyl (C=O) groups is 1. The van der Waals surface area contributed by atoms with Gasteiger partial charge >= 0.3 is 0 Å². The Kier molecular flexibility index (Phi) is 4.28. The molecule has 134 valence electrons. The third kappa shape index (κ3) is 3.00. The third-order valence-electron chi connectivity index (χ3n) is 4.81. The monoisotopic (exact) mass is 352 g/mol. The predicted molar refractivity (Wildman–Crippen MR) is 96.7 cm³/mol. The fourth-order valence-electron chi connectivity index (χ4n) is 3.29. The number of amides is 1. The molecule has 3 aromatic rings. The Bertz CT molecular complexity index is 998. The summed E-state index contributed by atoms with van der Waals surface area (Å²) in [5.74, 6) is 0.0820. The molecule has 26 heavy (non-hydrogen) atoms. The molecule has 1 aromatic carbocycles. The first-order valence-corrected chi connectivity index (χ1v) is 8.83. The fourth-order valence-corrected chi connectivity index (χ4v) is 3.29. The maximum Gasteiger partial charge on any atom is 0.266 e. The van der Waals surface area contributed by atoms with E-state index in [2.05, 4.69) is 10.1 Å². The van der Waals surface area contributed by atoms with Gasteiger partial charge in [-0.2, -0.15) is 0 Å². The molecule has 0 radical (unpaired) electrons. The van der Waals surface area contributed by atoms with Crippen LogP contribution in [-0.2, 0) is 11.3 Å². The Morgan fingerprint density at radius 1 is 1.19 bits per heavy atom. The predicted octanol–water partition coefficient (Wildman–Crippen LogP) is 2.37. The van der Waals surface area contributed by atoms with Crippen LogP contribution in [0.3, 0.4) is 0 Å². The summed E-state index contributed by atoms with van der Waals surface area (Å²) in [6.07, 6.45) is 3.82. The van der Waals surface area contributed by atoms with Crippen molar-refractivity contribution in [1.82, 2.24) is 19.6 Å². The Hall–Kier alpha value is -2.96.